The fourth-order valence-corrected chi connectivity index (χ4v) is 3.51. The lowest BCUT2D eigenvalue weighted by Crippen LogP contribution is -2.18. The molecule has 1 aromatic carbocycles. The van der Waals surface area contributed by atoms with Gasteiger partial charge in [-0.2, -0.15) is 5.10 Å². The maximum absolute atomic E-state index is 6.30. The van der Waals surface area contributed by atoms with E-state index < -0.39 is 0 Å². The largest absolute Gasteiger partial charge is 0.377 e. The first-order valence-corrected chi connectivity index (χ1v) is 8.03. The number of hydrogen-bond donors (Lipinski definition) is 1. The Bertz CT molecular complexity index is 654. The molecule has 3 rings (SSSR count). The zero-order valence-electron chi connectivity index (χ0n) is 11.0. The first-order chi connectivity index (χ1) is 9.58. The molecule has 0 saturated heterocycles. The highest BCUT2D eigenvalue weighted by Gasteiger charge is 2.24. The van der Waals surface area contributed by atoms with Gasteiger partial charge in [0.05, 0.1) is 28.0 Å². The minimum atomic E-state index is 0.238. The van der Waals surface area contributed by atoms with Crippen molar-refractivity contribution in [3.8, 4) is 0 Å². The highest BCUT2D eigenvalue weighted by molar-refractivity contribution is 9.10. The van der Waals surface area contributed by atoms with Crippen LogP contribution < -0.4 is 5.32 Å². The van der Waals surface area contributed by atoms with Crippen LogP contribution in [-0.4, -0.2) is 9.78 Å². The van der Waals surface area contributed by atoms with Gasteiger partial charge in [0, 0.05) is 22.8 Å². The van der Waals surface area contributed by atoms with Crippen LogP contribution in [0.25, 0.3) is 0 Å². The second kappa shape index (κ2) is 5.58. The number of hydrogen-bond acceptors (Lipinski definition) is 2. The molecule has 0 aliphatic heterocycles. The number of halogens is 3. The zero-order chi connectivity index (χ0) is 14.3. The van der Waals surface area contributed by atoms with E-state index in [2.05, 4.69) is 26.3 Å². The second-order valence-corrected chi connectivity index (χ2v) is 6.59. The Balaban J connectivity index is 1.91. The van der Waals surface area contributed by atoms with Crippen LogP contribution in [0.3, 0.4) is 0 Å². The van der Waals surface area contributed by atoms with Crippen LogP contribution >= 0.6 is 39.1 Å². The van der Waals surface area contributed by atoms with E-state index in [0.717, 1.165) is 29.4 Å². The molecule has 0 amide bonds. The van der Waals surface area contributed by atoms with E-state index in [9.17, 15) is 0 Å². The molecular formula is C14H14BrCl2N3. The van der Waals surface area contributed by atoms with Crippen molar-refractivity contribution in [3.63, 3.8) is 0 Å². The van der Waals surface area contributed by atoms with Crippen molar-refractivity contribution in [2.75, 3.05) is 5.32 Å². The summed E-state index contributed by atoms with van der Waals surface area (Å²) in [5.41, 5.74) is 3.42. The van der Waals surface area contributed by atoms with E-state index in [4.69, 9.17) is 23.2 Å². The molecule has 0 bridgehead atoms. The molecule has 106 valence electrons. The maximum Gasteiger partial charge on any atom is 0.0835 e. The quantitative estimate of drug-likeness (QED) is 0.751. The predicted molar refractivity (Wildman–Crippen MR) is 86.7 cm³/mol. The molecule has 3 nitrogen and oxygen atoms in total. The first-order valence-electron chi connectivity index (χ1n) is 6.48. The van der Waals surface area contributed by atoms with Gasteiger partial charge in [-0.3, -0.25) is 4.68 Å². The van der Waals surface area contributed by atoms with Crippen molar-refractivity contribution < 1.29 is 0 Å². The Labute approximate surface area is 136 Å². The Morgan fingerprint density at radius 2 is 2.15 bits per heavy atom. The molecule has 0 fully saturated rings. The van der Waals surface area contributed by atoms with Crippen LogP contribution in [0.2, 0.25) is 10.0 Å². The van der Waals surface area contributed by atoms with Crippen LogP contribution in [0.4, 0.5) is 5.69 Å². The van der Waals surface area contributed by atoms with Gasteiger partial charge in [0.15, 0.2) is 0 Å². The summed E-state index contributed by atoms with van der Waals surface area (Å²) in [6, 6.07) is 4.09. The Kier molecular flexibility index (Phi) is 3.98. The van der Waals surface area contributed by atoms with E-state index >= 15 is 0 Å². The van der Waals surface area contributed by atoms with Gasteiger partial charge in [-0.15, -0.1) is 0 Å². The van der Waals surface area contributed by atoms with E-state index in [-0.39, 0.29) is 6.04 Å². The first kappa shape index (κ1) is 14.2. The van der Waals surface area contributed by atoms with Gasteiger partial charge in [-0.25, -0.2) is 0 Å². The number of aryl methyl sites for hydroxylation is 1. The Hall–Kier alpha value is -0.710. The summed E-state index contributed by atoms with van der Waals surface area (Å²) in [5, 5.41) is 8.94. The average molecular weight is 375 g/mol. The number of nitrogens with one attached hydrogen (secondary N) is 1. The lowest BCUT2D eigenvalue weighted by atomic mass is 9.93. The van der Waals surface area contributed by atoms with E-state index in [0.29, 0.717) is 10.0 Å². The number of rotatable bonds is 2. The van der Waals surface area contributed by atoms with Gasteiger partial charge in [0.25, 0.3) is 0 Å². The molecular weight excluding hydrogens is 361 g/mol. The summed E-state index contributed by atoms with van der Waals surface area (Å²) in [5.74, 6) is 0. The van der Waals surface area contributed by atoms with Crippen molar-refractivity contribution in [2.24, 2.45) is 7.05 Å². The third kappa shape index (κ3) is 2.45. The van der Waals surface area contributed by atoms with Gasteiger partial charge in [0.1, 0.15) is 0 Å². The van der Waals surface area contributed by atoms with Crippen LogP contribution in [-0.2, 0) is 13.5 Å². The molecule has 1 unspecified atom stereocenters. The van der Waals surface area contributed by atoms with Crippen LogP contribution in [0, 0.1) is 0 Å². The number of fused-ring (bicyclic) bond motifs is 1. The van der Waals surface area contributed by atoms with E-state index in [1.54, 1.807) is 0 Å². The molecule has 0 saturated carbocycles. The molecule has 2 aromatic rings. The van der Waals surface area contributed by atoms with Crippen LogP contribution in [0.5, 0.6) is 0 Å². The van der Waals surface area contributed by atoms with Gasteiger partial charge in [-0.05, 0) is 47.3 Å². The highest BCUT2D eigenvalue weighted by atomic mass is 79.9. The van der Waals surface area contributed by atoms with Crippen LogP contribution in [0.1, 0.15) is 30.1 Å². The normalized spacial score (nSPS) is 17.9. The summed E-state index contributed by atoms with van der Waals surface area (Å²) in [6.45, 7) is 0. The number of anilines is 1. The molecule has 1 atom stereocenters. The molecule has 1 heterocycles. The minimum Gasteiger partial charge on any atom is -0.377 e. The lowest BCUT2D eigenvalue weighted by molar-refractivity contribution is 0.571. The van der Waals surface area contributed by atoms with Crippen molar-refractivity contribution >= 4 is 44.8 Å². The van der Waals surface area contributed by atoms with Crippen LogP contribution in [0.15, 0.2) is 22.8 Å². The Morgan fingerprint density at radius 3 is 2.95 bits per heavy atom. The number of aromatic nitrogens is 2. The summed E-state index contributed by atoms with van der Waals surface area (Å²) in [7, 11) is 1.99. The summed E-state index contributed by atoms with van der Waals surface area (Å²) in [6.07, 6.45) is 5.24. The third-order valence-corrected chi connectivity index (χ3v) is 5.51. The topological polar surface area (TPSA) is 29.9 Å². The van der Waals surface area contributed by atoms with Crippen molar-refractivity contribution in [1.82, 2.24) is 9.78 Å². The van der Waals surface area contributed by atoms with Crippen molar-refractivity contribution in [1.29, 1.82) is 0 Å². The maximum atomic E-state index is 6.30. The highest BCUT2D eigenvalue weighted by Crippen LogP contribution is 2.39. The molecule has 1 aliphatic rings. The van der Waals surface area contributed by atoms with Crippen molar-refractivity contribution in [3.05, 3.63) is 44.1 Å². The average Bonchev–Trinajstić information content (AvgIpc) is 2.82. The molecule has 0 radical (unpaired) electrons. The van der Waals surface area contributed by atoms with Gasteiger partial charge in [0.2, 0.25) is 0 Å². The monoisotopic (exact) mass is 373 g/mol. The Morgan fingerprint density at radius 1 is 1.35 bits per heavy atom. The fraction of sp³-hybridized carbons (Fsp3) is 0.357. The van der Waals surface area contributed by atoms with Gasteiger partial charge < -0.3 is 5.32 Å². The number of benzene rings is 1. The molecule has 1 N–H and O–H groups in total. The minimum absolute atomic E-state index is 0.238. The molecule has 20 heavy (non-hydrogen) atoms. The third-order valence-electron chi connectivity index (χ3n) is 3.74. The molecule has 1 aromatic heterocycles. The molecule has 0 spiro atoms. The zero-order valence-corrected chi connectivity index (χ0v) is 14.1. The van der Waals surface area contributed by atoms with E-state index in [1.807, 2.05) is 30.1 Å². The van der Waals surface area contributed by atoms with E-state index in [1.165, 1.54) is 11.3 Å². The smallest absolute Gasteiger partial charge is 0.0835 e. The lowest BCUT2D eigenvalue weighted by Gasteiger charge is -2.25. The SMILES string of the molecule is Cn1ncc2c1CCCC2Nc1ccc(Br)c(Cl)c1Cl. The second-order valence-electron chi connectivity index (χ2n) is 4.98. The summed E-state index contributed by atoms with van der Waals surface area (Å²) < 4.78 is 2.76. The molecule has 1 aliphatic carbocycles. The summed E-state index contributed by atoms with van der Waals surface area (Å²) in [4.78, 5) is 0. The van der Waals surface area contributed by atoms with Crippen molar-refractivity contribution in [2.45, 2.75) is 25.3 Å². The predicted octanol–water partition coefficient (Wildman–Crippen LogP) is 4.98. The van der Waals surface area contributed by atoms with Gasteiger partial charge in [-0.1, -0.05) is 23.2 Å². The fourth-order valence-electron chi connectivity index (χ4n) is 2.68. The molecule has 6 heteroatoms. The summed E-state index contributed by atoms with van der Waals surface area (Å²) >= 11 is 15.9. The standard InChI is InChI=1S/C14H14BrCl2N3/c1-20-12-4-2-3-10(8(12)7-18-20)19-11-6-5-9(15)13(16)14(11)17/h5-7,10,19H,2-4H2,1H3. The van der Waals surface area contributed by atoms with Gasteiger partial charge >= 0.3 is 0 Å². The number of nitrogens with zero attached hydrogens (tertiary/aromatic N) is 2.